The Kier molecular flexibility index (Phi) is 3.60. The Morgan fingerprint density at radius 3 is 2.11 bits per heavy atom. The highest BCUT2D eigenvalue weighted by atomic mass is 35.5. The number of alkyl halides is 1. The lowest BCUT2D eigenvalue weighted by Crippen LogP contribution is -2.12. The maximum atomic E-state index is 5.83. The van der Waals surface area contributed by atoms with Crippen molar-refractivity contribution in [1.82, 2.24) is 0 Å². The fraction of sp³-hybridized carbons (Fsp3) is 0.714. The molecule has 0 saturated heterocycles. The average molecular weight is 167 g/mol. The van der Waals surface area contributed by atoms with Crippen LogP contribution in [0.3, 0.4) is 0 Å². The molecule has 0 amide bonds. The Morgan fingerprint density at radius 1 is 1.56 bits per heavy atom. The maximum Gasteiger partial charge on any atom is 0.0323 e. The van der Waals surface area contributed by atoms with E-state index in [2.05, 4.69) is 0 Å². The van der Waals surface area contributed by atoms with Crippen molar-refractivity contribution in [3.05, 3.63) is 11.1 Å². The number of hydrogen-bond acceptors (Lipinski definition) is 0. The van der Waals surface area contributed by atoms with Crippen molar-refractivity contribution in [1.29, 1.82) is 0 Å². The molecule has 0 saturated carbocycles. The van der Waals surface area contributed by atoms with E-state index in [0.29, 0.717) is 5.88 Å². The molecule has 0 radical (unpaired) electrons. The van der Waals surface area contributed by atoms with Crippen LogP contribution in [-0.2, 0) is 0 Å². The summed E-state index contributed by atoms with van der Waals surface area (Å²) in [5, 5.41) is 0.831. The first kappa shape index (κ1) is 9.32. The summed E-state index contributed by atoms with van der Waals surface area (Å²) in [6.07, 6.45) is 1.88. The van der Waals surface area contributed by atoms with Crippen molar-refractivity contribution >= 4 is 23.2 Å². The van der Waals surface area contributed by atoms with Crippen LogP contribution in [0.15, 0.2) is 11.1 Å². The predicted octanol–water partition coefficient (Wildman–Crippen LogP) is 3.39. The summed E-state index contributed by atoms with van der Waals surface area (Å²) in [4.78, 5) is 0. The van der Waals surface area contributed by atoms with Crippen LogP contribution in [0.4, 0.5) is 0 Å². The molecule has 0 fully saturated rings. The smallest absolute Gasteiger partial charge is 0.0323 e. The molecule has 0 spiro atoms. The van der Waals surface area contributed by atoms with E-state index in [1.54, 1.807) is 0 Å². The van der Waals surface area contributed by atoms with Crippen molar-refractivity contribution in [2.24, 2.45) is 5.41 Å². The Hall–Kier alpha value is 0.320. The summed E-state index contributed by atoms with van der Waals surface area (Å²) < 4.78 is 0. The molecule has 0 unspecified atom stereocenters. The molecule has 9 heavy (non-hydrogen) atoms. The van der Waals surface area contributed by atoms with E-state index in [-0.39, 0.29) is 5.41 Å². The molecule has 0 rings (SSSR count). The van der Waals surface area contributed by atoms with Crippen molar-refractivity contribution < 1.29 is 0 Å². The highest BCUT2D eigenvalue weighted by Crippen LogP contribution is 2.30. The van der Waals surface area contributed by atoms with Crippen LogP contribution < -0.4 is 0 Å². The molecule has 0 nitrogen and oxygen atoms in total. The van der Waals surface area contributed by atoms with Gasteiger partial charge in [-0.05, 0) is 6.92 Å². The highest BCUT2D eigenvalue weighted by Gasteiger charge is 2.19. The molecule has 0 aliphatic heterocycles. The molecule has 0 aliphatic rings. The average Bonchev–Trinajstić information content (AvgIpc) is 1.86. The molecule has 0 atom stereocenters. The Balaban J connectivity index is 4.14. The first-order chi connectivity index (χ1) is 4.04. The van der Waals surface area contributed by atoms with Gasteiger partial charge in [0.15, 0.2) is 0 Å². The molecule has 0 aliphatic carbocycles. The van der Waals surface area contributed by atoms with Crippen LogP contribution in [0.2, 0.25) is 0 Å². The molecule has 2 heteroatoms. The number of hydrogen-bond donors (Lipinski definition) is 0. The lowest BCUT2D eigenvalue weighted by atomic mass is 9.96. The minimum atomic E-state index is -0.0577. The second-order valence-electron chi connectivity index (χ2n) is 2.65. The number of allylic oxidation sites excluding steroid dienone is 2. The van der Waals surface area contributed by atoms with Gasteiger partial charge >= 0.3 is 0 Å². The van der Waals surface area contributed by atoms with Gasteiger partial charge in [-0.1, -0.05) is 31.5 Å². The van der Waals surface area contributed by atoms with Gasteiger partial charge in [-0.2, -0.15) is 0 Å². The van der Waals surface area contributed by atoms with E-state index in [4.69, 9.17) is 23.2 Å². The molecule has 0 bridgehead atoms. The third kappa shape index (κ3) is 2.59. The van der Waals surface area contributed by atoms with Gasteiger partial charge in [0.25, 0.3) is 0 Å². The molecule has 0 N–H and O–H groups in total. The summed E-state index contributed by atoms with van der Waals surface area (Å²) in [5.41, 5.74) is -0.0577. The first-order valence-electron chi connectivity index (χ1n) is 2.93. The lowest BCUT2D eigenvalue weighted by Gasteiger charge is -2.19. The molecule has 54 valence electrons. The van der Waals surface area contributed by atoms with E-state index >= 15 is 0 Å². The SMILES string of the molecule is CC=C(Cl)C(C)(C)CCl. The van der Waals surface area contributed by atoms with Crippen LogP contribution in [0.5, 0.6) is 0 Å². The van der Waals surface area contributed by atoms with Gasteiger partial charge in [0.05, 0.1) is 0 Å². The third-order valence-electron chi connectivity index (χ3n) is 1.23. The largest absolute Gasteiger partial charge is 0.126 e. The van der Waals surface area contributed by atoms with Gasteiger partial charge in [-0.3, -0.25) is 0 Å². The van der Waals surface area contributed by atoms with E-state index in [1.807, 2.05) is 26.8 Å². The van der Waals surface area contributed by atoms with Crippen molar-refractivity contribution in [3.63, 3.8) is 0 Å². The quantitative estimate of drug-likeness (QED) is 0.553. The van der Waals surface area contributed by atoms with Crippen LogP contribution in [0.1, 0.15) is 20.8 Å². The lowest BCUT2D eigenvalue weighted by molar-refractivity contribution is 0.538. The van der Waals surface area contributed by atoms with E-state index in [0.717, 1.165) is 5.03 Å². The standard InChI is InChI=1S/C7H12Cl2/c1-4-6(9)7(2,3)5-8/h4H,5H2,1-3H3. The summed E-state index contributed by atoms with van der Waals surface area (Å²) in [5.74, 6) is 0.566. The fourth-order valence-electron chi connectivity index (χ4n) is 0.455. The van der Waals surface area contributed by atoms with E-state index in [9.17, 15) is 0 Å². The predicted molar refractivity (Wildman–Crippen MR) is 44.1 cm³/mol. The second-order valence-corrected chi connectivity index (χ2v) is 3.33. The molecular weight excluding hydrogens is 155 g/mol. The minimum absolute atomic E-state index is 0.0577. The number of halogens is 2. The summed E-state index contributed by atoms with van der Waals surface area (Å²) in [6, 6.07) is 0. The van der Waals surface area contributed by atoms with Crippen molar-refractivity contribution in [2.45, 2.75) is 20.8 Å². The van der Waals surface area contributed by atoms with Gasteiger partial charge in [-0.25, -0.2) is 0 Å². The van der Waals surface area contributed by atoms with Crippen molar-refractivity contribution in [3.8, 4) is 0 Å². The maximum absolute atomic E-state index is 5.83. The monoisotopic (exact) mass is 166 g/mol. The van der Waals surface area contributed by atoms with Crippen LogP contribution in [-0.4, -0.2) is 5.88 Å². The Bertz CT molecular complexity index is 114. The van der Waals surface area contributed by atoms with E-state index < -0.39 is 0 Å². The second kappa shape index (κ2) is 3.48. The fourth-order valence-corrected chi connectivity index (χ4v) is 0.734. The van der Waals surface area contributed by atoms with Crippen molar-refractivity contribution in [2.75, 3.05) is 5.88 Å². The summed E-state index contributed by atoms with van der Waals surface area (Å²) in [7, 11) is 0. The first-order valence-corrected chi connectivity index (χ1v) is 3.84. The molecule has 0 heterocycles. The zero-order chi connectivity index (χ0) is 7.49. The van der Waals surface area contributed by atoms with Crippen LogP contribution in [0.25, 0.3) is 0 Å². The molecule has 0 aromatic carbocycles. The zero-order valence-corrected chi connectivity index (χ0v) is 7.55. The van der Waals surface area contributed by atoms with Gasteiger partial charge in [0, 0.05) is 16.3 Å². The van der Waals surface area contributed by atoms with Gasteiger partial charge in [-0.15, -0.1) is 11.6 Å². The normalized spacial score (nSPS) is 14.1. The Morgan fingerprint density at radius 2 is 2.00 bits per heavy atom. The van der Waals surface area contributed by atoms with E-state index in [1.165, 1.54) is 0 Å². The molecular formula is C7H12Cl2. The van der Waals surface area contributed by atoms with Gasteiger partial charge in [0.1, 0.15) is 0 Å². The van der Waals surface area contributed by atoms with Crippen LogP contribution >= 0.6 is 23.2 Å². The van der Waals surface area contributed by atoms with Gasteiger partial charge < -0.3 is 0 Å². The third-order valence-corrected chi connectivity index (χ3v) is 2.63. The van der Waals surface area contributed by atoms with Crippen LogP contribution in [0, 0.1) is 5.41 Å². The zero-order valence-electron chi connectivity index (χ0n) is 6.04. The minimum Gasteiger partial charge on any atom is -0.126 e. The Labute approximate surface area is 66.8 Å². The summed E-state index contributed by atoms with van der Waals surface area (Å²) in [6.45, 7) is 5.95. The molecule has 0 aromatic heterocycles. The number of rotatable bonds is 2. The highest BCUT2D eigenvalue weighted by molar-refractivity contribution is 6.31. The topological polar surface area (TPSA) is 0 Å². The summed E-state index contributed by atoms with van der Waals surface area (Å²) >= 11 is 11.5. The molecule has 0 aromatic rings. The van der Waals surface area contributed by atoms with Gasteiger partial charge in [0.2, 0.25) is 0 Å².